The molecule has 7 N–H and O–H groups in total. The van der Waals surface area contributed by atoms with Crippen LogP contribution < -0.4 is 27.3 Å². The number of unbranched alkanes of at least 4 members (excludes halogenated alkanes) is 1. The molecule has 0 spiro atoms. The minimum absolute atomic E-state index is 0.00956. The number of carbonyl (C=O) groups is 1. The molecule has 1 heterocycles. The Bertz CT molecular complexity index is 919. The summed E-state index contributed by atoms with van der Waals surface area (Å²) in [4.78, 5) is 24.2. The van der Waals surface area contributed by atoms with Gasteiger partial charge in [-0.05, 0) is 43.9 Å². The van der Waals surface area contributed by atoms with E-state index in [0.29, 0.717) is 18.0 Å². The van der Waals surface area contributed by atoms with Gasteiger partial charge in [0, 0.05) is 6.54 Å². The molecule has 0 bridgehead atoms. The van der Waals surface area contributed by atoms with Gasteiger partial charge in [0.2, 0.25) is 0 Å². The normalized spacial score (nSPS) is 11.0. The lowest BCUT2D eigenvalue weighted by Crippen LogP contribution is -2.38. The molecule has 0 unspecified atom stereocenters. The van der Waals surface area contributed by atoms with Gasteiger partial charge >= 0.3 is 0 Å². The average Bonchev–Trinajstić information content (AvgIpc) is 2.69. The molecule has 0 aliphatic rings. The van der Waals surface area contributed by atoms with Crippen LogP contribution in [0, 0.1) is 18.3 Å². The van der Waals surface area contributed by atoms with E-state index in [1.807, 2.05) is 30.3 Å². The molecule has 0 radical (unpaired) electrons. The van der Waals surface area contributed by atoms with Crippen molar-refractivity contribution >= 4 is 23.5 Å². The van der Waals surface area contributed by atoms with Crippen molar-refractivity contribution in [2.24, 2.45) is 10.7 Å². The van der Waals surface area contributed by atoms with E-state index in [-0.39, 0.29) is 29.9 Å². The number of aliphatic imine (C=N–C) groups is 1. The predicted molar refractivity (Wildman–Crippen MR) is 110 cm³/mol. The number of nitriles is 1. The highest BCUT2D eigenvalue weighted by molar-refractivity contribution is 6.06. The van der Waals surface area contributed by atoms with Crippen molar-refractivity contribution in [2.75, 3.05) is 24.6 Å². The number of amides is 1. The monoisotopic (exact) mass is 396 g/mol. The standard InChI is InChI=1S/C19H24N8O2/c1-12-16(21)26-17(22)15(25-12)18(28)27-19(23)24-10-3-2-4-13-5-7-14(8-6-13)29-11-9-20/h5-8H,2-4,10-11H2,1H3,(H4,21,22,26)(H3,23,24,27,28). The number of guanidine groups is 1. The number of anilines is 2. The summed E-state index contributed by atoms with van der Waals surface area (Å²) in [6.07, 6.45) is 2.57. The fourth-order valence-electron chi connectivity index (χ4n) is 2.44. The van der Waals surface area contributed by atoms with Crippen LogP contribution in [0.3, 0.4) is 0 Å². The molecule has 1 aromatic carbocycles. The second-order valence-corrected chi connectivity index (χ2v) is 6.20. The number of nitrogens with one attached hydrogen (secondary N) is 1. The summed E-state index contributed by atoms with van der Waals surface area (Å²) in [6.45, 7) is 2.13. The van der Waals surface area contributed by atoms with Gasteiger partial charge in [0.25, 0.3) is 5.91 Å². The molecule has 1 aromatic heterocycles. The first kappa shape index (κ1) is 21.4. The Hall–Kier alpha value is -3.87. The number of hydrogen-bond donors (Lipinski definition) is 4. The van der Waals surface area contributed by atoms with Gasteiger partial charge in [-0.2, -0.15) is 5.26 Å². The number of rotatable bonds is 8. The predicted octanol–water partition coefficient (Wildman–Crippen LogP) is 0.919. The smallest absolute Gasteiger partial charge is 0.280 e. The second kappa shape index (κ2) is 10.5. The zero-order valence-electron chi connectivity index (χ0n) is 16.2. The number of ether oxygens (including phenoxy) is 1. The van der Waals surface area contributed by atoms with Crippen molar-refractivity contribution in [3.8, 4) is 11.8 Å². The summed E-state index contributed by atoms with van der Waals surface area (Å²) in [5.41, 5.74) is 18.5. The maximum absolute atomic E-state index is 12.2. The van der Waals surface area contributed by atoms with E-state index in [4.69, 9.17) is 27.2 Å². The van der Waals surface area contributed by atoms with Gasteiger partial charge in [0.15, 0.2) is 24.1 Å². The molecule has 0 saturated carbocycles. The van der Waals surface area contributed by atoms with Gasteiger partial charge in [-0.25, -0.2) is 9.97 Å². The van der Waals surface area contributed by atoms with Crippen LogP contribution in [0.2, 0.25) is 0 Å². The minimum atomic E-state index is -0.585. The zero-order valence-corrected chi connectivity index (χ0v) is 16.2. The lowest BCUT2D eigenvalue weighted by Gasteiger charge is -2.08. The van der Waals surface area contributed by atoms with Crippen molar-refractivity contribution in [1.82, 2.24) is 15.3 Å². The number of nitrogens with zero attached hydrogens (tertiary/aromatic N) is 4. The molecule has 0 aliphatic heterocycles. The maximum Gasteiger partial charge on any atom is 0.280 e. The van der Waals surface area contributed by atoms with E-state index in [2.05, 4.69) is 20.3 Å². The fourth-order valence-corrected chi connectivity index (χ4v) is 2.44. The summed E-state index contributed by atoms with van der Waals surface area (Å²) in [5, 5.41) is 10.9. The summed E-state index contributed by atoms with van der Waals surface area (Å²) in [6, 6.07) is 9.53. The van der Waals surface area contributed by atoms with Crippen LogP contribution in [0.5, 0.6) is 5.75 Å². The molecule has 29 heavy (non-hydrogen) atoms. The van der Waals surface area contributed by atoms with Crippen LogP contribution in [-0.2, 0) is 6.42 Å². The lowest BCUT2D eigenvalue weighted by molar-refractivity contribution is 0.0972. The largest absolute Gasteiger partial charge is 0.479 e. The van der Waals surface area contributed by atoms with E-state index >= 15 is 0 Å². The number of benzene rings is 1. The van der Waals surface area contributed by atoms with Gasteiger partial charge in [-0.3, -0.25) is 15.1 Å². The van der Waals surface area contributed by atoms with E-state index in [1.54, 1.807) is 6.92 Å². The Balaban J connectivity index is 1.75. The van der Waals surface area contributed by atoms with Gasteiger partial charge in [-0.15, -0.1) is 0 Å². The van der Waals surface area contributed by atoms with Gasteiger partial charge < -0.3 is 21.9 Å². The SMILES string of the molecule is Cc1nc(C(=O)NC(N)=NCCCCc2ccc(OCC#N)cc2)c(N)nc1N. The zero-order chi connectivity index (χ0) is 21.2. The van der Waals surface area contributed by atoms with Crippen LogP contribution in [0.15, 0.2) is 29.3 Å². The lowest BCUT2D eigenvalue weighted by atomic mass is 10.1. The molecule has 0 fully saturated rings. The first-order chi connectivity index (χ1) is 13.9. The van der Waals surface area contributed by atoms with E-state index in [0.717, 1.165) is 24.8 Å². The molecule has 152 valence electrons. The highest BCUT2D eigenvalue weighted by Crippen LogP contribution is 2.14. The molecule has 2 aromatic rings. The Kier molecular flexibility index (Phi) is 7.73. The summed E-state index contributed by atoms with van der Waals surface area (Å²) >= 11 is 0. The molecular formula is C19H24N8O2. The van der Waals surface area contributed by atoms with Gasteiger partial charge in [-0.1, -0.05) is 12.1 Å². The number of nitrogens with two attached hydrogens (primary N) is 3. The molecule has 10 nitrogen and oxygen atoms in total. The summed E-state index contributed by atoms with van der Waals surface area (Å²) in [5.74, 6) is 0.181. The minimum Gasteiger partial charge on any atom is -0.479 e. The van der Waals surface area contributed by atoms with E-state index < -0.39 is 5.91 Å². The number of hydrogen-bond acceptors (Lipinski definition) is 8. The highest BCUT2D eigenvalue weighted by atomic mass is 16.5. The van der Waals surface area contributed by atoms with Crippen LogP contribution >= 0.6 is 0 Å². The first-order valence-corrected chi connectivity index (χ1v) is 9.00. The number of nitrogen functional groups attached to an aromatic ring is 2. The Morgan fingerprint density at radius 1 is 1.21 bits per heavy atom. The number of carbonyl (C=O) groups excluding carboxylic acids is 1. The van der Waals surface area contributed by atoms with E-state index in [9.17, 15) is 4.79 Å². The van der Waals surface area contributed by atoms with Crippen LogP contribution in [0.25, 0.3) is 0 Å². The molecule has 0 atom stereocenters. The average molecular weight is 396 g/mol. The van der Waals surface area contributed by atoms with Crippen molar-refractivity contribution in [3.05, 3.63) is 41.2 Å². The van der Waals surface area contributed by atoms with Crippen molar-refractivity contribution in [3.63, 3.8) is 0 Å². The topological polar surface area (TPSA) is 178 Å². The third kappa shape index (κ3) is 6.66. The molecule has 2 rings (SSSR count). The number of aromatic nitrogens is 2. The van der Waals surface area contributed by atoms with Crippen LogP contribution in [0.1, 0.15) is 34.6 Å². The Labute approximate surface area is 168 Å². The third-order valence-electron chi connectivity index (χ3n) is 3.97. The van der Waals surface area contributed by atoms with Crippen molar-refractivity contribution in [2.45, 2.75) is 26.2 Å². The molecule has 0 saturated heterocycles. The summed E-state index contributed by atoms with van der Waals surface area (Å²) in [7, 11) is 0. The third-order valence-corrected chi connectivity index (χ3v) is 3.97. The Morgan fingerprint density at radius 2 is 1.93 bits per heavy atom. The van der Waals surface area contributed by atoms with Gasteiger partial charge in [0.05, 0.1) is 5.69 Å². The Morgan fingerprint density at radius 3 is 2.62 bits per heavy atom. The maximum atomic E-state index is 12.2. The van der Waals surface area contributed by atoms with Crippen molar-refractivity contribution in [1.29, 1.82) is 5.26 Å². The first-order valence-electron chi connectivity index (χ1n) is 9.00. The van der Waals surface area contributed by atoms with Gasteiger partial charge in [0.1, 0.15) is 17.6 Å². The fraction of sp³-hybridized carbons (Fsp3) is 0.316. The van der Waals surface area contributed by atoms with E-state index in [1.165, 1.54) is 0 Å². The molecule has 10 heteroatoms. The summed E-state index contributed by atoms with van der Waals surface area (Å²) < 4.78 is 5.21. The second-order valence-electron chi connectivity index (χ2n) is 6.20. The highest BCUT2D eigenvalue weighted by Gasteiger charge is 2.15. The van der Waals surface area contributed by atoms with Crippen molar-refractivity contribution < 1.29 is 9.53 Å². The molecule has 1 amide bonds. The molecular weight excluding hydrogens is 372 g/mol. The van der Waals surface area contributed by atoms with Crippen LogP contribution in [0.4, 0.5) is 11.6 Å². The quantitative estimate of drug-likeness (QED) is 0.289. The molecule has 0 aliphatic carbocycles. The van der Waals surface area contributed by atoms with Crippen LogP contribution in [-0.4, -0.2) is 35.0 Å². The number of aryl methyl sites for hydroxylation is 2.